The van der Waals surface area contributed by atoms with Gasteiger partial charge in [0.2, 0.25) is 0 Å². The van der Waals surface area contributed by atoms with Crippen molar-refractivity contribution >= 4 is 71.7 Å². The van der Waals surface area contributed by atoms with Crippen molar-refractivity contribution in [3.8, 4) is 33.4 Å². The maximum Gasteiger partial charge on any atom is 0.144 e. The van der Waals surface area contributed by atoms with Crippen molar-refractivity contribution in [2.75, 3.05) is 4.90 Å². The highest BCUT2D eigenvalue weighted by molar-refractivity contribution is 6.22. The lowest BCUT2D eigenvalue weighted by atomic mass is 9.82. The molecule has 2 aromatic heterocycles. The Morgan fingerprint density at radius 3 is 1.93 bits per heavy atom. The Hall–Kier alpha value is -7.36. The lowest BCUT2D eigenvalue weighted by Crippen LogP contribution is -2.16. The molecule has 12 rings (SSSR count). The molecule has 0 bridgehead atoms. The van der Waals surface area contributed by atoms with Crippen molar-refractivity contribution < 1.29 is 8.83 Å². The van der Waals surface area contributed by atoms with E-state index in [1.54, 1.807) is 0 Å². The number of hydrogen-bond donors (Lipinski definition) is 0. The van der Waals surface area contributed by atoms with Gasteiger partial charge in [-0.25, -0.2) is 0 Å². The molecule has 0 unspecified atom stereocenters. The first-order valence-electron chi connectivity index (χ1n) is 20.0. The van der Waals surface area contributed by atoms with E-state index in [0.717, 1.165) is 88.4 Å². The van der Waals surface area contributed by atoms with Gasteiger partial charge in [-0.15, -0.1) is 0 Å². The third-order valence-corrected chi connectivity index (χ3v) is 12.5. The van der Waals surface area contributed by atoms with Crippen LogP contribution < -0.4 is 4.90 Å². The minimum atomic E-state index is -0.141. The SMILES string of the molecule is CC1(C)c2ccccc2-c2ccc(N(c3ccc4oc5c(-c6cccc7c6oc6ccccc67)c6ccccc6cc5c4c3)c3ccccc3-c3ccccc3)cc21. The Morgan fingerprint density at radius 2 is 1.03 bits per heavy atom. The first-order chi connectivity index (χ1) is 28.5. The Balaban J connectivity index is 1.12. The highest BCUT2D eigenvalue weighted by Crippen LogP contribution is 2.52. The molecule has 0 saturated heterocycles. The average molecular weight is 744 g/mol. The third-order valence-electron chi connectivity index (χ3n) is 12.5. The molecule has 0 aliphatic heterocycles. The molecule has 1 aliphatic rings. The zero-order valence-corrected chi connectivity index (χ0v) is 32.2. The number of fused-ring (bicyclic) bond motifs is 10. The normalized spacial score (nSPS) is 13.1. The van der Waals surface area contributed by atoms with Gasteiger partial charge in [0.25, 0.3) is 0 Å². The highest BCUT2D eigenvalue weighted by Gasteiger charge is 2.36. The maximum atomic E-state index is 6.97. The molecule has 3 heteroatoms. The fourth-order valence-electron chi connectivity index (χ4n) is 9.70. The predicted octanol–water partition coefficient (Wildman–Crippen LogP) is 15.7. The fourth-order valence-corrected chi connectivity index (χ4v) is 9.70. The van der Waals surface area contributed by atoms with Gasteiger partial charge >= 0.3 is 0 Å². The van der Waals surface area contributed by atoms with E-state index in [1.165, 1.54) is 27.8 Å². The van der Waals surface area contributed by atoms with E-state index >= 15 is 0 Å². The first kappa shape index (κ1) is 32.8. The molecule has 0 fully saturated rings. The lowest BCUT2D eigenvalue weighted by molar-refractivity contribution is 0.660. The van der Waals surface area contributed by atoms with E-state index in [1.807, 2.05) is 12.1 Å². The Labute approximate surface area is 336 Å². The smallest absolute Gasteiger partial charge is 0.144 e. The second kappa shape index (κ2) is 12.3. The largest absolute Gasteiger partial charge is 0.455 e. The Morgan fingerprint density at radius 1 is 0.397 bits per heavy atom. The molecule has 2 heterocycles. The standard InChI is InChI=1S/C55H37NO2/c1-55(2)47-24-11-8-20-40(47)41-29-27-37(33-48(41)55)56(49-25-12-9-18-38(49)34-15-4-3-5-16-34)36-28-30-51-45(32-36)46-31-35-17-6-7-19-39(35)52(54(46)58-51)44-23-14-22-43-42-21-10-13-26-50(42)57-53(43)44/h3-33H,1-2H3. The van der Waals surface area contributed by atoms with Gasteiger partial charge in [0.15, 0.2) is 0 Å². The molecule has 0 spiro atoms. The summed E-state index contributed by atoms with van der Waals surface area (Å²) in [4.78, 5) is 2.43. The van der Waals surface area contributed by atoms with Crippen LogP contribution in [0.4, 0.5) is 17.1 Å². The number of rotatable bonds is 5. The van der Waals surface area contributed by atoms with Crippen LogP contribution in [0, 0.1) is 0 Å². The summed E-state index contributed by atoms with van der Waals surface area (Å²) >= 11 is 0. The summed E-state index contributed by atoms with van der Waals surface area (Å²) in [6.45, 7) is 4.70. The van der Waals surface area contributed by atoms with Crippen molar-refractivity contribution in [1.82, 2.24) is 0 Å². The predicted molar refractivity (Wildman–Crippen MR) is 242 cm³/mol. The van der Waals surface area contributed by atoms with Crippen LogP contribution in [0.3, 0.4) is 0 Å². The second-order valence-corrected chi connectivity index (χ2v) is 16.0. The van der Waals surface area contributed by atoms with Gasteiger partial charge in [-0.05, 0) is 87.1 Å². The van der Waals surface area contributed by atoms with Crippen LogP contribution in [0.1, 0.15) is 25.0 Å². The summed E-state index contributed by atoms with van der Waals surface area (Å²) in [6, 6.07) is 67.6. The molecule has 0 atom stereocenters. The number of para-hydroxylation sites is 3. The van der Waals surface area contributed by atoms with Crippen molar-refractivity contribution in [2.24, 2.45) is 0 Å². The molecule has 9 aromatic carbocycles. The van der Waals surface area contributed by atoms with Crippen LogP contribution in [0.5, 0.6) is 0 Å². The minimum absolute atomic E-state index is 0.141. The second-order valence-electron chi connectivity index (χ2n) is 16.0. The van der Waals surface area contributed by atoms with Gasteiger partial charge in [-0.2, -0.15) is 0 Å². The molecule has 0 amide bonds. The van der Waals surface area contributed by atoms with E-state index in [2.05, 4.69) is 195 Å². The molecule has 0 N–H and O–H groups in total. The summed E-state index contributed by atoms with van der Waals surface area (Å²) in [6.07, 6.45) is 0. The van der Waals surface area contributed by atoms with Crippen LogP contribution in [-0.4, -0.2) is 0 Å². The number of furan rings is 2. The van der Waals surface area contributed by atoms with E-state index in [4.69, 9.17) is 8.83 Å². The molecule has 58 heavy (non-hydrogen) atoms. The number of anilines is 3. The summed E-state index contributed by atoms with van der Waals surface area (Å²) in [5.74, 6) is 0. The van der Waals surface area contributed by atoms with Crippen molar-refractivity contribution in [3.63, 3.8) is 0 Å². The topological polar surface area (TPSA) is 29.5 Å². The highest BCUT2D eigenvalue weighted by atomic mass is 16.3. The quantitative estimate of drug-likeness (QED) is 0.176. The molecular formula is C55H37NO2. The van der Waals surface area contributed by atoms with Crippen molar-refractivity contribution in [1.29, 1.82) is 0 Å². The fraction of sp³-hybridized carbons (Fsp3) is 0.0545. The van der Waals surface area contributed by atoms with Crippen molar-refractivity contribution in [3.05, 3.63) is 199 Å². The van der Waals surface area contributed by atoms with Gasteiger partial charge in [0, 0.05) is 55.0 Å². The van der Waals surface area contributed by atoms with E-state index in [0.29, 0.717) is 0 Å². The summed E-state index contributed by atoms with van der Waals surface area (Å²) < 4.78 is 13.6. The monoisotopic (exact) mass is 743 g/mol. The van der Waals surface area contributed by atoms with Gasteiger partial charge < -0.3 is 13.7 Å². The van der Waals surface area contributed by atoms with E-state index in [-0.39, 0.29) is 5.41 Å². The van der Waals surface area contributed by atoms with Gasteiger partial charge in [-0.1, -0.05) is 153 Å². The lowest BCUT2D eigenvalue weighted by Gasteiger charge is -2.30. The summed E-state index contributed by atoms with van der Waals surface area (Å²) in [5.41, 5.74) is 16.3. The Bertz CT molecular complexity index is 3440. The molecule has 274 valence electrons. The molecular weight excluding hydrogens is 707 g/mol. The number of nitrogens with zero attached hydrogens (tertiary/aromatic N) is 1. The minimum Gasteiger partial charge on any atom is -0.455 e. The van der Waals surface area contributed by atoms with Crippen LogP contribution >= 0.6 is 0 Å². The third kappa shape index (κ3) is 4.74. The van der Waals surface area contributed by atoms with Gasteiger partial charge in [-0.3, -0.25) is 0 Å². The Kier molecular flexibility index (Phi) is 6.98. The summed E-state index contributed by atoms with van der Waals surface area (Å²) in [5, 5.41) is 6.62. The van der Waals surface area contributed by atoms with E-state index in [9.17, 15) is 0 Å². The van der Waals surface area contributed by atoms with Gasteiger partial charge in [0.1, 0.15) is 22.3 Å². The molecule has 0 saturated carbocycles. The van der Waals surface area contributed by atoms with Crippen LogP contribution in [-0.2, 0) is 5.41 Å². The van der Waals surface area contributed by atoms with Crippen LogP contribution in [0.15, 0.2) is 197 Å². The molecule has 11 aromatic rings. The average Bonchev–Trinajstić information content (AvgIpc) is 3.91. The number of hydrogen-bond acceptors (Lipinski definition) is 3. The van der Waals surface area contributed by atoms with E-state index < -0.39 is 0 Å². The van der Waals surface area contributed by atoms with Crippen LogP contribution in [0.25, 0.3) is 88.0 Å². The first-order valence-corrected chi connectivity index (χ1v) is 20.0. The molecule has 3 nitrogen and oxygen atoms in total. The zero-order valence-electron chi connectivity index (χ0n) is 32.2. The maximum absolute atomic E-state index is 6.97. The summed E-state index contributed by atoms with van der Waals surface area (Å²) in [7, 11) is 0. The molecule has 0 radical (unpaired) electrons. The molecule has 1 aliphatic carbocycles. The number of benzene rings is 9. The zero-order chi connectivity index (χ0) is 38.5. The van der Waals surface area contributed by atoms with Crippen LogP contribution in [0.2, 0.25) is 0 Å². The van der Waals surface area contributed by atoms with Crippen molar-refractivity contribution in [2.45, 2.75) is 19.3 Å². The van der Waals surface area contributed by atoms with Gasteiger partial charge in [0.05, 0.1) is 5.69 Å².